The Balaban J connectivity index is 1.28. The van der Waals surface area contributed by atoms with Gasteiger partial charge >= 0.3 is 5.97 Å². The molecule has 2 atom stereocenters. The molecule has 2 saturated carbocycles. The Hall–Kier alpha value is -4.14. The number of benzene rings is 2. The summed E-state index contributed by atoms with van der Waals surface area (Å²) in [5.41, 5.74) is 1.51. The van der Waals surface area contributed by atoms with Crippen molar-refractivity contribution in [2.75, 3.05) is 12.4 Å². The van der Waals surface area contributed by atoms with Gasteiger partial charge in [-0.25, -0.2) is 8.78 Å². The Bertz CT molecular complexity index is 1390. The largest absolute Gasteiger partial charge is 0.469 e. The van der Waals surface area contributed by atoms with Crippen LogP contribution in [0.4, 0.5) is 14.5 Å². The van der Waals surface area contributed by atoms with E-state index in [0.717, 1.165) is 43.0 Å². The van der Waals surface area contributed by atoms with Crippen molar-refractivity contribution in [3.63, 3.8) is 0 Å². The van der Waals surface area contributed by atoms with Crippen LogP contribution in [0.15, 0.2) is 60.8 Å². The SMILES string of the molecule is COC(=O)C1CCC(C(=O)NC2(c3ccc(NC(=O)c4cccnc4-c4cc(F)cc(F)c4)cc3)CCC2)C1. The normalized spacial score (nSPS) is 19.6. The van der Waals surface area contributed by atoms with E-state index in [1.165, 1.54) is 13.3 Å². The van der Waals surface area contributed by atoms with Crippen LogP contribution < -0.4 is 10.6 Å². The van der Waals surface area contributed by atoms with Gasteiger partial charge in [-0.05, 0) is 80.5 Å². The average molecular weight is 534 g/mol. The van der Waals surface area contributed by atoms with E-state index >= 15 is 0 Å². The van der Waals surface area contributed by atoms with Gasteiger partial charge in [0.1, 0.15) is 11.6 Å². The second kappa shape index (κ2) is 10.9. The molecule has 202 valence electrons. The number of esters is 1. The molecule has 0 aliphatic heterocycles. The highest BCUT2D eigenvalue weighted by Gasteiger charge is 2.43. The molecule has 5 rings (SSSR count). The van der Waals surface area contributed by atoms with Crippen molar-refractivity contribution in [1.82, 2.24) is 10.3 Å². The molecular formula is C30H29F2N3O4. The Kier molecular flexibility index (Phi) is 7.41. The molecule has 7 nitrogen and oxygen atoms in total. The third-order valence-corrected chi connectivity index (χ3v) is 7.79. The highest BCUT2D eigenvalue weighted by molar-refractivity contribution is 6.08. The second-order valence-corrected chi connectivity index (χ2v) is 10.2. The van der Waals surface area contributed by atoms with Crippen molar-refractivity contribution >= 4 is 23.5 Å². The van der Waals surface area contributed by atoms with E-state index < -0.39 is 23.1 Å². The van der Waals surface area contributed by atoms with Gasteiger partial charge in [0.15, 0.2) is 0 Å². The summed E-state index contributed by atoms with van der Waals surface area (Å²) >= 11 is 0. The summed E-state index contributed by atoms with van der Waals surface area (Å²) in [6.45, 7) is 0. The maximum atomic E-state index is 13.8. The minimum absolute atomic E-state index is 0.0450. The highest BCUT2D eigenvalue weighted by atomic mass is 19.1. The zero-order valence-electron chi connectivity index (χ0n) is 21.5. The van der Waals surface area contributed by atoms with E-state index in [0.29, 0.717) is 24.9 Å². The summed E-state index contributed by atoms with van der Waals surface area (Å²) in [5, 5.41) is 6.06. The molecule has 2 unspecified atom stereocenters. The quantitative estimate of drug-likeness (QED) is 0.399. The van der Waals surface area contributed by atoms with Crippen LogP contribution in [0.5, 0.6) is 0 Å². The van der Waals surface area contributed by atoms with Crippen LogP contribution in [0.1, 0.15) is 54.4 Å². The smallest absolute Gasteiger partial charge is 0.308 e. The number of hydrogen-bond donors (Lipinski definition) is 2. The first-order valence-corrected chi connectivity index (χ1v) is 13.0. The van der Waals surface area contributed by atoms with Crippen molar-refractivity contribution in [1.29, 1.82) is 0 Å². The number of nitrogens with zero attached hydrogens (tertiary/aromatic N) is 1. The molecule has 0 radical (unpaired) electrons. The first kappa shape index (κ1) is 26.5. The lowest BCUT2D eigenvalue weighted by Crippen LogP contribution is -2.52. The van der Waals surface area contributed by atoms with E-state index in [9.17, 15) is 23.2 Å². The standard InChI is InChI=1S/C30H29F2N3O4/c1-39-29(38)19-6-5-18(14-19)27(36)35-30(11-3-12-30)21-7-9-24(10-8-21)34-28(37)25-4-2-13-33-26(25)20-15-22(31)17-23(32)16-20/h2,4,7-10,13,15-19H,3,5-6,11-12,14H2,1H3,(H,34,37)(H,35,36). The third kappa shape index (κ3) is 5.53. The van der Waals surface area contributed by atoms with E-state index in [2.05, 4.69) is 15.6 Å². The number of halogens is 2. The number of methoxy groups -OCH3 is 1. The van der Waals surface area contributed by atoms with Gasteiger partial charge in [-0.2, -0.15) is 0 Å². The molecule has 2 amide bonds. The van der Waals surface area contributed by atoms with Crippen LogP contribution in [0.25, 0.3) is 11.3 Å². The summed E-state index contributed by atoms with van der Waals surface area (Å²) in [5.74, 6) is -2.74. The van der Waals surface area contributed by atoms with Crippen molar-refractivity contribution in [2.45, 2.75) is 44.1 Å². The summed E-state index contributed by atoms with van der Waals surface area (Å²) in [7, 11) is 1.37. The summed E-state index contributed by atoms with van der Waals surface area (Å²) in [6.07, 6.45) is 5.86. The van der Waals surface area contributed by atoms with Gasteiger partial charge in [0.2, 0.25) is 5.91 Å². The Morgan fingerprint density at radius 3 is 2.31 bits per heavy atom. The molecule has 3 aromatic rings. The van der Waals surface area contributed by atoms with E-state index in [1.807, 2.05) is 12.1 Å². The number of hydrogen-bond acceptors (Lipinski definition) is 5. The Labute approximate surface area is 225 Å². The number of amides is 2. The number of anilines is 1. The van der Waals surface area contributed by atoms with Crippen LogP contribution in [-0.4, -0.2) is 29.9 Å². The van der Waals surface area contributed by atoms with E-state index in [4.69, 9.17) is 4.74 Å². The molecule has 9 heteroatoms. The van der Waals surface area contributed by atoms with Gasteiger partial charge in [0.25, 0.3) is 5.91 Å². The minimum Gasteiger partial charge on any atom is -0.469 e. The number of nitrogens with one attached hydrogen (secondary N) is 2. The van der Waals surface area contributed by atoms with Crippen LogP contribution in [-0.2, 0) is 19.9 Å². The molecule has 1 aromatic heterocycles. The topological polar surface area (TPSA) is 97.4 Å². The zero-order valence-corrected chi connectivity index (χ0v) is 21.5. The van der Waals surface area contributed by atoms with Crippen molar-refractivity contribution in [3.8, 4) is 11.3 Å². The van der Waals surface area contributed by atoms with Crippen molar-refractivity contribution < 1.29 is 27.9 Å². The molecular weight excluding hydrogens is 504 g/mol. The summed E-state index contributed by atoms with van der Waals surface area (Å²) in [4.78, 5) is 42.2. The maximum Gasteiger partial charge on any atom is 0.308 e. The van der Waals surface area contributed by atoms with Gasteiger partial charge < -0.3 is 15.4 Å². The number of pyridine rings is 1. The summed E-state index contributed by atoms with van der Waals surface area (Å²) in [6, 6.07) is 13.4. The lowest BCUT2D eigenvalue weighted by molar-refractivity contribution is -0.145. The molecule has 0 saturated heterocycles. The molecule has 2 N–H and O–H groups in total. The number of rotatable bonds is 7. The molecule has 2 aliphatic rings. The van der Waals surface area contributed by atoms with Crippen LogP contribution in [0, 0.1) is 23.5 Å². The number of carbonyl (C=O) groups is 3. The van der Waals surface area contributed by atoms with Crippen LogP contribution in [0.3, 0.4) is 0 Å². The fourth-order valence-electron chi connectivity index (χ4n) is 5.53. The lowest BCUT2D eigenvalue weighted by Gasteiger charge is -2.43. The number of ether oxygens (including phenoxy) is 1. The lowest BCUT2D eigenvalue weighted by atomic mass is 9.71. The predicted molar refractivity (Wildman–Crippen MR) is 141 cm³/mol. The monoisotopic (exact) mass is 533 g/mol. The molecule has 2 aliphatic carbocycles. The second-order valence-electron chi connectivity index (χ2n) is 10.2. The first-order chi connectivity index (χ1) is 18.8. The minimum atomic E-state index is -0.758. The zero-order chi connectivity index (χ0) is 27.6. The van der Waals surface area contributed by atoms with Gasteiger partial charge in [-0.3, -0.25) is 19.4 Å². The summed E-state index contributed by atoms with van der Waals surface area (Å²) < 4.78 is 32.4. The number of aromatic nitrogens is 1. The molecule has 2 fully saturated rings. The van der Waals surface area contributed by atoms with Crippen molar-refractivity contribution in [2.24, 2.45) is 11.8 Å². The Morgan fingerprint density at radius 1 is 0.974 bits per heavy atom. The molecule has 0 spiro atoms. The molecule has 0 bridgehead atoms. The predicted octanol–water partition coefficient (Wildman–Crippen LogP) is 5.36. The molecule has 39 heavy (non-hydrogen) atoms. The first-order valence-electron chi connectivity index (χ1n) is 13.0. The van der Waals surface area contributed by atoms with Gasteiger partial charge in [0, 0.05) is 29.4 Å². The van der Waals surface area contributed by atoms with Gasteiger partial charge in [-0.1, -0.05) is 12.1 Å². The molecule has 2 aromatic carbocycles. The van der Waals surface area contributed by atoms with E-state index in [-0.39, 0.29) is 40.5 Å². The number of carbonyl (C=O) groups excluding carboxylic acids is 3. The van der Waals surface area contributed by atoms with Crippen LogP contribution >= 0.6 is 0 Å². The van der Waals surface area contributed by atoms with Crippen LogP contribution in [0.2, 0.25) is 0 Å². The van der Waals surface area contributed by atoms with Gasteiger partial charge in [0.05, 0.1) is 29.8 Å². The highest BCUT2D eigenvalue weighted by Crippen LogP contribution is 2.43. The van der Waals surface area contributed by atoms with Gasteiger partial charge in [-0.15, -0.1) is 0 Å². The Morgan fingerprint density at radius 2 is 1.67 bits per heavy atom. The fourth-order valence-corrected chi connectivity index (χ4v) is 5.53. The fraction of sp³-hybridized carbons (Fsp3) is 0.333. The van der Waals surface area contributed by atoms with Crippen molar-refractivity contribution in [3.05, 3.63) is 83.6 Å². The maximum absolute atomic E-state index is 13.8. The molecule has 1 heterocycles. The third-order valence-electron chi connectivity index (χ3n) is 7.79. The van der Waals surface area contributed by atoms with E-state index in [1.54, 1.807) is 24.3 Å². The average Bonchev–Trinajstić information content (AvgIpc) is 3.41.